The van der Waals surface area contributed by atoms with Gasteiger partial charge in [-0.3, -0.25) is 9.88 Å². The summed E-state index contributed by atoms with van der Waals surface area (Å²) >= 11 is 1.66. The average Bonchev–Trinajstić information content (AvgIpc) is 2.83. The smallest absolute Gasteiger partial charge is 0.119 e. The molecule has 5 heteroatoms. The van der Waals surface area contributed by atoms with Gasteiger partial charge in [-0.15, -0.1) is 11.8 Å². The van der Waals surface area contributed by atoms with Gasteiger partial charge in [-0.25, -0.2) is 4.98 Å². The number of hydrogen-bond donors (Lipinski definition) is 1. The Morgan fingerprint density at radius 1 is 1.50 bits per heavy atom. The van der Waals surface area contributed by atoms with E-state index in [1.54, 1.807) is 24.2 Å². The number of thioether (sulfide) groups is 1. The maximum Gasteiger partial charge on any atom is 0.119 e. The van der Waals surface area contributed by atoms with E-state index < -0.39 is 0 Å². The van der Waals surface area contributed by atoms with Crippen LogP contribution in [-0.4, -0.2) is 47.3 Å². The van der Waals surface area contributed by atoms with Gasteiger partial charge in [0, 0.05) is 31.5 Å². The Labute approximate surface area is 101 Å². The molecular weight excluding hydrogens is 220 g/mol. The quantitative estimate of drug-likeness (QED) is 0.792. The van der Waals surface area contributed by atoms with Crippen molar-refractivity contribution in [2.45, 2.75) is 24.0 Å². The first-order valence-corrected chi connectivity index (χ1v) is 6.78. The van der Waals surface area contributed by atoms with Crippen LogP contribution in [0.15, 0.2) is 17.4 Å². The lowest BCUT2D eigenvalue weighted by Gasteiger charge is -2.23. The summed E-state index contributed by atoms with van der Waals surface area (Å²) in [6.07, 6.45) is 6.80. The third-order valence-electron chi connectivity index (χ3n) is 2.99. The van der Waals surface area contributed by atoms with Crippen LogP contribution in [0, 0.1) is 0 Å². The van der Waals surface area contributed by atoms with E-state index >= 15 is 0 Å². The minimum absolute atomic E-state index is 0.636. The van der Waals surface area contributed by atoms with Gasteiger partial charge in [0.25, 0.3) is 0 Å². The molecule has 1 fully saturated rings. The van der Waals surface area contributed by atoms with E-state index in [0.29, 0.717) is 6.04 Å². The first kappa shape index (κ1) is 11.8. The van der Waals surface area contributed by atoms with Crippen molar-refractivity contribution in [1.29, 1.82) is 0 Å². The van der Waals surface area contributed by atoms with Gasteiger partial charge in [0.2, 0.25) is 0 Å². The molecule has 2 heterocycles. The van der Waals surface area contributed by atoms with Crippen LogP contribution in [0.4, 0.5) is 0 Å². The molecule has 1 aromatic rings. The van der Waals surface area contributed by atoms with Gasteiger partial charge in [0.05, 0.1) is 5.69 Å². The van der Waals surface area contributed by atoms with Gasteiger partial charge in [-0.05, 0) is 26.3 Å². The van der Waals surface area contributed by atoms with Crippen molar-refractivity contribution in [3.63, 3.8) is 0 Å². The molecule has 1 saturated heterocycles. The van der Waals surface area contributed by atoms with Gasteiger partial charge in [-0.1, -0.05) is 0 Å². The molecule has 0 aliphatic carbocycles. The lowest BCUT2D eigenvalue weighted by atomic mass is 10.2. The fraction of sp³-hybridized carbons (Fsp3) is 0.636. The molecule has 0 saturated carbocycles. The highest BCUT2D eigenvalue weighted by Crippen LogP contribution is 2.17. The number of hydrogen-bond acceptors (Lipinski definition) is 5. The molecule has 16 heavy (non-hydrogen) atoms. The molecule has 0 amide bonds. The highest BCUT2D eigenvalue weighted by molar-refractivity contribution is 7.98. The van der Waals surface area contributed by atoms with E-state index in [2.05, 4.69) is 27.2 Å². The standard InChI is InChI=1S/C11H18N4S/c1-15(9-3-4-12-7-9)8-10-11(16-2)14-6-5-13-10/h5-6,9,12H,3-4,7-8H2,1-2H3. The highest BCUT2D eigenvalue weighted by atomic mass is 32.2. The minimum Gasteiger partial charge on any atom is -0.315 e. The van der Waals surface area contributed by atoms with E-state index in [1.165, 1.54) is 6.42 Å². The molecule has 1 unspecified atom stereocenters. The number of aromatic nitrogens is 2. The first-order valence-electron chi connectivity index (χ1n) is 5.56. The van der Waals surface area contributed by atoms with Crippen molar-refractivity contribution in [3.05, 3.63) is 18.1 Å². The summed E-state index contributed by atoms with van der Waals surface area (Å²) in [6.45, 7) is 3.10. The molecule has 1 N–H and O–H groups in total. The summed E-state index contributed by atoms with van der Waals surface area (Å²) in [5, 5.41) is 4.43. The minimum atomic E-state index is 0.636. The summed E-state index contributed by atoms with van der Waals surface area (Å²) in [5.74, 6) is 0. The Bertz CT molecular complexity index is 339. The molecule has 1 aromatic heterocycles. The Morgan fingerprint density at radius 2 is 2.31 bits per heavy atom. The number of likely N-dealkylation sites (N-methyl/N-ethyl adjacent to an activating group) is 1. The summed E-state index contributed by atoms with van der Waals surface area (Å²) in [7, 11) is 2.16. The van der Waals surface area contributed by atoms with Gasteiger partial charge in [-0.2, -0.15) is 0 Å². The Balaban J connectivity index is 2.01. The van der Waals surface area contributed by atoms with Gasteiger partial charge in [0.1, 0.15) is 5.03 Å². The van der Waals surface area contributed by atoms with Crippen molar-refractivity contribution in [1.82, 2.24) is 20.2 Å². The van der Waals surface area contributed by atoms with Crippen molar-refractivity contribution in [2.24, 2.45) is 0 Å². The zero-order chi connectivity index (χ0) is 11.4. The maximum atomic E-state index is 4.42. The number of nitrogens with one attached hydrogen (secondary N) is 1. The van der Waals surface area contributed by atoms with E-state index in [1.807, 2.05) is 6.26 Å². The lowest BCUT2D eigenvalue weighted by Crippen LogP contribution is -2.33. The van der Waals surface area contributed by atoms with Gasteiger partial charge < -0.3 is 5.32 Å². The van der Waals surface area contributed by atoms with Gasteiger partial charge in [0.15, 0.2) is 0 Å². The van der Waals surface area contributed by atoms with Crippen LogP contribution in [0.3, 0.4) is 0 Å². The molecule has 0 bridgehead atoms. The van der Waals surface area contributed by atoms with Crippen LogP contribution >= 0.6 is 11.8 Å². The second-order valence-corrected chi connectivity index (χ2v) is 4.87. The van der Waals surface area contributed by atoms with Crippen molar-refractivity contribution < 1.29 is 0 Å². The van der Waals surface area contributed by atoms with Crippen LogP contribution in [-0.2, 0) is 6.54 Å². The summed E-state index contributed by atoms with van der Waals surface area (Å²) in [6, 6.07) is 0.636. The largest absolute Gasteiger partial charge is 0.315 e. The molecule has 0 aromatic carbocycles. The molecule has 1 atom stereocenters. The molecule has 1 aliphatic heterocycles. The van der Waals surface area contributed by atoms with Crippen LogP contribution in [0.2, 0.25) is 0 Å². The number of rotatable bonds is 4. The molecule has 0 spiro atoms. The first-order chi connectivity index (χ1) is 7.81. The monoisotopic (exact) mass is 238 g/mol. The fourth-order valence-corrected chi connectivity index (χ4v) is 2.53. The molecule has 4 nitrogen and oxygen atoms in total. The van der Waals surface area contributed by atoms with Crippen LogP contribution in [0.1, 0.15) is 12.1 Å². The maximum absolute atomic E-state index is 4.42. The third-order valence-corrected chi connectivity index (χ3v) is 3.71. The van der Waals surface area contributed by atoms with E-state index in [-0.39, 0.29) is 0 Å². The lowest BCUT2D eigenvalue weighted by molar-refractivity contribution is 0.243. The van der Waals surface area contributed by atoms with E-state index in [9.17, 15) is 0 Å². The molecule has 2 rings (SSSR count). The zero-order valence-corrected chi connectivity index (χ0v) is 10.6. The molecule has 88 valence electrons. The predicted octanol–water partition coefficient (Wildman–Crippen LogP) is 0.992. The van der Waals surface area contributed by atoms with Crippen molar-refractivity contribution in [2.75, 3.05) is 26.4 Å². The Kier molecular flexibility index (Phi) is 4.15. The molecule has 0 radical (unpaired) electrons. The van der Waals surface area contributed by atoms with E-state index in [4.69, 9.17) is 0 Å². The summed E-state index contributed by atoms with van der Waals surface area (Å²) in [4.78, 5) is 11.1. The van der Waals surface area contributed by atoms with Crippen molar-refractivity contribution in [3.8, 4) is 0 Å². The average molecular weight is 238 g/mol. The predicted molar refractivity (Wildman–Crippen MR) is 66.6 cm³/mol. The van der Waals surface area contributed by atoms with Crippen molar-refractivity contribution >= 4 is 11.8 Å². The van der Waals surface area contributed by atoms with Crippen LogP contribution in [0.25, 0.3) is 0 Å². The van der Waals surface area contributed by atoms with Crippen LogP contribution in [0.5, 0.6) is 0 Å². The SMILES string of the molecule is CSc1nccnc1CN(C)C1CCNC1. The van der Waals surface area contributed by atoms with E-state index in [0.717, 1.165) is 30.4 Å². The molecule has 1 aliphatic rings. The van der Waals surface area contributed by atoms with Gasteiger partial charge >= 0.3 is 0 Å². The normalized spacial score (nSPS) is 20.6. The Hall–Kier alpha value is -0.650. The fourth-order valence-electron chi connectivity index (χ4n) is 2.01. The summed E-state index contributed by atoms with van der Waals surface area (Å²) in [5.41, 5.74) is 1.09. The highest BCUT2D eigenvalue weighted by Gasteiger charge is 2.20. The topological polar surface area (TPSA) is 41.1 Å². The zero-order valence-electron chi connectivity index (χ0n) is 9.81. The number of nitrogens with zero attached hydrogens (tertiary/aromatic N) is 3. The van der Waals surface area contributed by atoms with Crippen LogP contribution < -0.4 is 5.32 Å². The molecular formula is C11H18N4S. The Morgan fingerprint density at radius 3 is 3.00 bits per heavy atom. The third kappa shape index (κ3) is 2.72. The second-order valence-electron chi connectivity index (χ2n) is 4.07. The summed E-state index contributed by atoms with van der Waals surface area (Å²) < 4.78 is 0. The second kappa shape index (κ2) is 5.61.